The Morgan fingerprint density at radius 1 is 1.55 bits per heavy atom. The van der Waals surface area contributed by atoms with Gasteiger partial charge in [0.1, 0.15) is 0 Å². The van der Waals surface area contributed by atoms with E-state index in [1.165, 1.54) is 0 Å². The molecule has 4 nitrogen and oxygen atoms in total. The topological polar surface area (TPSA) is 64.2 Å². The number of carboxylic acid groups (broad SMARTS) is 1. The van der Waals surface area contributed by atoms with Crippen LogP contribution in [0.4, 0.5) is 0 Å². The van der Waals surface area contributed by atoms with Crippen LogP contribution in [0.2, 0.25) is 0 Å². The molecule has 0 aromatic rings. The smallest absolute Gasteiger partial charge is 0.550 e. The number of carboxylic acids is 1. The van der Waals surface area contributed by atoms with Gasteiger partial charge in [-0.2, -0.15) is 0 Å². The molecule has 1 fully saturated rings. The van der Waals surface area contributed by atoms with Crippen LogP contribution in [0, 0.1) is 0 Å². The molecule has 1 heterocycles. The van der Waals surface area contributed by atoms with Crippen molar-refractivity contribution in [3.63, 3.8) is 0 Å². The van der Waals surface area contributed by atoms with Crippen LogP contribution >= 0.6 is 0 Å². The minimum absolute atomic E-state index is 0. The summed E-state index contributed by atoms with van der Waals surface area (Å²) in [5.74, 6) is -0.985. The molecule has 11 heavy (non-hydrogen) atoms. The molecule has 1 saturated heterocycles. The molecule has 0 saturated carbocycles. The second kappa shape index (κ2) is 5.61. The van der Waals surface area contributed by atoms with Crippen LogP contribution in [-0.4, -0.2) is 31.6 Å². The predicted molar refractivity (Wildman–Crippen MR) is 34.3 cm³/mol. The third-order valence-corrected chi connectivity index (χ3v) is 1.54. The van der Waals surface area contributed by atoms with Crippen molar-refractivity contribution in [2.75, 3.05) is 19.6 Å². The molecule has 1 atom stereocenters. The van der Waals surface area contributed by atoms with Crippen molar-refractivity contribution in [3.8, 4) is 0 Å². The number of hydrogen-bond acceptors (Lipinski definition) is 4. The zero-order valence-corrected chi connectivity index (χ0v) is 6.72. The molecule has 1 aliphatic heterocycles. The number of rotatable bonds is 2. The van der Waals surface area contributed by atoms with Gasteiger partial charge in [-0.25, -0.2) is 0 Å². The van der Waals surface area contributed by atoms with Crippen LogP contribution in [0.25, 0.3) is 0 Å². The molecule has 0 radical (unpaired) electrons. The monoisotopic (exact) mass is 150 g/mol. The van der Waals surface area contributed by atoms with Crippen LogP contribution in [-0.2, 0) is 4.79 Å². The molecule has 1 rings (SSSR count). The molecule has 2 N–H and O–H groups in total. The Bertz CT molecular complexity index is 126. The molecule has 0 aromatic carbocycles. The summed E-state index contributed by atoms with van der Waals surface area (Å²) in [6, 6.07) is 0.0544. The van der Waals surface area contributed by atoms with E-state index in [1.54, 1.807) is 0 Å². The number of piperazine rings is 1. The van der Waals surface area contributed by atoms with Crippen molar-refractivity contribution in [1.82, 2.24) is 10.6 Å². The van der Waals surface area contributed by atoms with Crippen molar-refractivity contribution in [1.29, 1.82) is 0 Å². The summed E-state index contributed by atoms with van der Waals surface area (Å²) in [4.78, 5) is 10.1. The molecule has 5 heteroatoms. The summed E-state index contributed by atoms with van der Waals surface area (Å²) in [7, 11) is 0. The van der Waals surface area contributed by atoms with E-state index >= 15 is 0 Å². The molecular formula is C6H11LiN2O2. The first-order valence-corrected chi connectivity index (χ1v) is 3.43. The average molecular weight is 150 g/mol. The van der Waals surface area contributed by atoms with E-state index in [-0.39, 0.29) is 31.3 Å². The maximum Gasteiger partial charge on any atom is 1.00 e. The van der Waals surface area contributed by atoms with Gasteiger partial charge < -0.3 is 20.5 Å². The summed E-state index contributed by atoms with van der Waals surface area (Å²) in [6.07, 6.45) is 0.104. The Hall–Kier alpha value is -0.0126. The van der Waals surface area contributed by atoms with Gasteiger partial charge in [-0.3, -0.25) is 0 Å². The first kappa shape index (κ1) is 11.0. The minimum Gasteiger partial charge on any atom is -0.550 e. The van der Waals surface area contributed by atoms with Gasteiger partial charge in [0, 0.05) is 38.1 Å². The molecule has 0 bridgehead atoms. The molecule has 1 aliphatic rings. The zero-order chi connectivity index (χ0) is 7.40. The number of hydrogen-bond donors (Lipinski definition) is 2. The Labute approximate surface area is 77.9 Å². The minimum atomic E-state index is -0.985. The summed E-state index contributed by atoms with van der Waals surface area (Å²) >= 11 is 0. The van der Waals surface area contributed by atoms with Gasteiger partial charge in [0.2, 0.25) is 0 Å². The van der Waals surface area contributed by atoms with Gasteiger partial charge in [-0.1, -0.05) is 0 Å². The largest absolute Gasteiger partial charge is 1.00 e. The van der Waals surface area contributed by atoms with Crippen molar-refractivity contribution >= 4 is 5.97 Å². The summed E-state index contributed by atoms with van der Waals surface area (Å²) < 4.78 is 0. The Kier molecular flexibility index (Phi) is 5.61. The normalized spacial score (nSPS) is 23.8. The second-order valence-electron chi connectivity index (χ2n) is 2.43. The summed E-state index contributed by atoms with van der Waals surface area (Å²) in [6.45, 7) is 2.50. The summed E-state index contributed by atoms with van der Waals surface area (Å²) in [5, 5.41) is 16.2. The van der Waals surface area contributed by atoms with Gasteiger partial charge in [0.25, 0.3) is 0 Å². The van der Waals surface area contributed by atoms with Crippen LogP contribution in [0.15, 0.2) is 0 Å². The zero-order valence-electron chi connectivity index (χ0n) is 6.72. The SMILES string of the molecule is O=C([O-])CC1CNCCN1.[Li+]. The Morgan fingerprint density at radius 2 is 2.27 bits per heavy atom. The third-order valence-electron chi connectivity index (χ3n) is 1.54. The number of nitrogens with one attached hydrogen (secondary N) is 2. The fraction of sp³-hybridized carbons (Fsp3) is 0.833. The molecule has 58 valence electrons. The molecule has 0 aliphatic carbocycles. The van der Waals surface area contributed by atoms with E-state index in [0.29, 0.717) is 0 Å². The maximum absolute atomic E-state index is 10.1. The summed E-state index contributed by atoms with van der Waals surface area (Å²) in [5.41, 5.74) is 0. The van der Waals surface area contributed by atoms with Crippen molar-refractivity contribution in [3.05, 3.63) is 0 Å². The molecule has 0 amide bonds. The van der Waals surface area contributed by atoms with E-state index in [1.807, 2.05) is 0 Å². The van der Waals surface area contributed by atoms with Gasteiger partial charge in [0.05, 0.1) is 0 Å². The molecular weight excluding hydrogens is 139 g/mol. The second-order valence-corrected chi connectivity index (χ2v) is 2.43. The Balaban J connectivity index is 0.000001000. The van der Waals surface area contributed by atoms with Crippen molar-refractivity contribution < 1.29 is 28.8 Å². The fourth-order valence-electron chi connectivity index (χ4n) is 1.06. The third kappa shape index (κ3) is 4.43. The van der Waals surface area contributed by atoms with E-state index in [4.69, 9.17) is 0 Å². The van der Waals surface area contributed by atoms with Crippen LogP contribution in [0.5, 0.6) is 0 Å². The number of aliphatic carboxylic acids is 1. The number of carbonyl (C=O) groups excluding carboxylic acids is 1. The molecule has 1 unspecified atom stereocenters. The predicted octanol–water partition coefficient (Wildman–Crippen LogP) is -5.31. The van der Waals surface area contributed by atoms with Crippen molar-refractivity contribution in [2.24, 2.45) is 0 Å². The van der Waals surface area contributed by atoms with E-state index in [9.17, 15) is 9.90 Å². The van der Waals surface area contributed by atoms with Gasteiger partial charge >= 0.3 is 18.9 Å². The van der Waals surface area contributed by atoms with E-state index in [0.717, 1.165) is 19.6 Å². The molecule has 0 spiro atoms. The van der Waals surface area contributed by atoms with Crippen LogP contribution in [0.1, 0.15) is 6.42 Å². The van der Waals surface area contributed by atoms with E-state index in [2.05, 4.69) is 10.6 Å². The van der Waals surface area contributed by atoms with Crippen LogP contribution < -0.4 is 34.6 Å². The Morgan fingerprint density at radius 3 is 2.73 bits per heavy atom. The van der Waals surface area contributed by atoms with Crippen LogP contribution in [0.3, 0.4) is 0 Å². The van der Waals surface area contributed by atoms with Gasteiger partial charge in [0.15, 0.2) is 0 Å². The standard InChI is InChI=1S/C6H12N2O2.Li/c9-6(10)3-5-4-7-1-2-8-5;/h5,7-8H,1-4H2,(H,9,10);/q;+1/p-1. The fourth-order valence-corrected chi connectivity index (χ4v) is 1.06. The number of carbonyl (C=O) groups is 1. The van der Waals surface area contributed by atoms with E-state index < -0.39 is 5.97 Å². The first-order chi connectivity index (χ1) is 4.79. The molecule has 0 aromatic heterocycles. The van der Waals surface area contributed by atoms with Gasteiger partial charge in [-0.15, -0.1) is 0 Å². The van der Waals surface area contributed by atoms with Gasteiger partial charge in [-0.05, 0) is 0 Å². The first-order valence-electron chi connectivity index (χ1n) is 3.43. The van der Waals surface area contributed by atoms with Crippen molar-refractivity contribution in [2.45, 2.75) is 12.5 Å². The quantitative estimate of drug-likeness (QED) is 0.386. The maximum atomic E-state index is 10.1. The average Bonchev–Trinajstić information content (AvgIpc) is 1.88.